The second-order valence-electron chi connectivity index (χ2n) is 5.16. The van der Waals surface area contributed by atoms with E-state index >= 15 is 0 Å². The van der Waals surface area contributed by atoms with Gasteiger partial charge in [-0.15, -0.1) is 11.8 Å². The van der Waals surface area contributed by atoms with Crippen molar-refractivity contribution in [3.8, 4) is 0 Å². The van der Waals surface area contributed by atoms with Crippen molar-refractivity contribution in [2.24, 2.45) is 0 Å². The zero-order chi connectivity index (χ0) is 16.1. The molecular weight excluding hydrogens is 362 g/mol. The molecule has 0 saturated carbocycles. The Hall–Kier alpha value is -1.27. The third kappa shape index (κ3) is 4.36. The Morgan fingerprint density at radius 3 is 2.91 bits per heavy atom. The van der Waals surface area contributed by atoms with E-state index in [-0.39, 0.29) is 11.9 Å². The van der Waals surface area contributed by atoms with E-state index in [2.05, 4.69) is 46.3 Å². The lowest BCUT2D eigenvalue weighted by Gasteiger charge is -2.14. The lowest BCUT2D eigenvalue weighted by Crippen LogP contribution is -2.18. The van der Waals surface area contributed by atoms with E-state index in [4.69, 9.17) is 0 Å². The Kier molecular flexibility index (Phi) is 6.08. The normalized spacial score (nSPS) is 12.2. The molecule has 1 N–H and O–H groups in total. The summed E-state index contributed by atoms with van der Waals surface area (Å²) in [6.45, 7) is 6.23. The van der Waals surface area contributed by atoms with Crippen LogP contribution >= 0.6 is 27.7 Å². The minimum atomic E-state index is -0.0163. The molecule has 0 bridgehead atoms. The molecule has 1 amide bonds. The predicted molar refractivity (Wildman–Crippen MR) is 95.5 cm³/mol. The number of anilines is 1. The molecule has 118 valence electrons. The van der Waals surface area contributed by atoms with E-state index in [1.807, 2.05) is 29.8 Å². The van der Waals surface area contributed by atoms with Crippen LogP contribution in [0.4, 0.5) is 5.82 Å². The van der Waals surface area contributed by atoms with Gasteiger partial charge in [0.15, 0.2) is 0 Å². The van der Waals surface area contributed by atoms with Gasteiger partial charge in [-0.1, -0.05) is 22.9 Å². The molecule has 0 aliphatic heterocycles. The van der Waals surface area contributed by atoms with Gasteiger partial charge in [-0.05, 0) is 44.0 Å². The topological polar surface area (TPSA) is 46.9 Å². The van der Waals surface area contributed by atoms with Gasteiger partial charge < -0.3 is 5.32 Å². The molecule has 4 nitrogen and oxygen atoms in total. The number of nitrogens with zero attached hydrogens (tertiary/aromatic N) is 2. The second-order valence-corrected chi connectivity index (χ2v) is 7.10. The highest BCUT2D eigenvalue weighted by Crippen LogP contribution is 2.25. The number of hydrogen-bond acceptors (Lipinski definition) is 3. The van der Waals surface area contributed by atoms with E-state index in [1.165, 1.54) is 0 Å². The average molecular weight is 382 g/mol. The maximum Gasteiger partial charge on any atom is 0.235 e. The number of nitrogens with one attached hydrogen (secondary N) is 1. The van der Waals surface area contributed by atoms with Crippen molar-refractivity contribution >= 4 is 39.4 Å². The van der Waals surface area contributed by atoms with Crippen LogP contribution in [0.5, 0.6) is 0 Å². The number of aryl methyl sites for hydroxylation is 1. The summed E-state index contributed by atoms with van der Waals surface area (Å²) < 4.78 is 2.91. The first-order chi connectivity index (χ1) is 10.5. The summed E-state index contributed by atoms with van der Waals surface area (Å²) >= 11 is 4.99. The lowest BCUT2D eigenvalue weighted by molar-refractivity contribution is -0.113. The molecule has 2 aromatic rings. The number of halogens is 1. The van der Waals surface area contributed by atoms with Crippen LogP contribution in [0, 0.1) is 6.92 Å². The standard InChI is InChI=1S/C16H20BrN3OS/c1-4-12(3)20-15(7-8-18-20)19-16(21)10-22-14-6-5-13(17)9-11(14)2/h5-9,12H,4,10H2,1-3H3,(H,19,21). The summed E-state index contributed by atoms with van der Waals surface area (Å²) in [6, 6.07) is 8.18. The number of hydrogen-bond donors (Lipinski definition) is 1. The quantitative estimate of drug-likeness (QED) is 0.740. The van der Waals surface area contributed by atoms with Crippen molar-refractivity contribution in [1.82, 2.24) is 9.78 Å². The second kappa shape index (κ2) is 7.83. The molecule has 1 atom stereocenters. The molecule has 1 aromatic carbocycles. The van der Waals surface area contributed by atoms with Crippen molar-refractivity contribution in [1.29, 1.82) is 0 Å². The average Bonchev–Trinajstić information content (AvgIpc) is 2.93. The van der Waals surface area contributed by atoms with E-state index in [0.717, 1.165) is 27.2 Å². The summed E-state index contributed by atoms with van der Waals surface area (Å²) in [5.74, 6) is 1.12. The zero-order valence-corrected chi connectivity index (χ0v) is 15.4. The van der Waals surface area contributed by atoms with Crippen LogP contribution in [0.15, 0.2) is 39.8 Å². The molecule has 1 unspecified atom stereocenters. The van der Waals surface area contributed by atoms with Crippen molar-refractivity contribution in [3.05, 3.63) is 40.5 Å². The molecule has 2 rings (SSSR count). The largest absolute Gasteiger partial charge is 0.310 e. The van der Waals surface area contributed by atoms with Crippen molar-refractivity contribution in [3.63, 3.8) is 0 Å². The Morgan fingerprint density at radius 1 is 1.45 bits per heavy atom. The minimum absolute atomic E-state index is 0.0163. The molecule has 0 spiro atoms. The van der Waals surface area contributed by atoms with E-state index in [0.29, 0.717) is 5.75 Å². The van der Waals surface area contributed by atoms with Gasteiger partial charge in [-0.2, -0.15) is 5.10 Å². The smallest absolute Gasteiger partial charge is 0.235 e. The van der Waals surface area contributed by atoms with Gasteiger partial charge in [-0.25, -0.2) is 4.68 Å². The van der Waals surface area contributed by atoms with Gasteiger partial charge in [0.25, 0.3) is 0 Å². The van der Waals surface area contributed by atoms with Crippen LogP contribution in [0.25, 0.3) is 0 Å². The third-order valence-electron chi connectivity index (χ3n) is 3.44. The Labute approximate surface area is 143 Å². The first kappa shape index (κ1) is 17.1. The molecule has 0 saturated heterocycles. The highest BCUT2D eigenvalue weighted by atomic mass is 79.9. The van der Waals surface area contributed by atoms with Crippen LogP contribution in [-0.2, 0) is 4.79 Å². The van der Waals surface area contributed by atoms with Crippen LogP contribution < -0.4 is 5.32 Å². The summed E-state index contributed by atoms with van der Waals surface area (Å²) in [7, 11) is 0. The molecule has 0 radical (unpaired) electrons. The zero-order valence-electron chi connectivity index (χ0n) is 13.0. The highest BCUT2D eigenvalue weighted by Gasteiger charge is 2.12. The van der Waals surface area contributed by atoms with E-state index < -0.39 is 0 Å². The molecule has 6 heteroatoms. The maximum absolute atomic E-state index is 12.1. The van der Waals surface area contributed by atoms with Crippen LogP contribution in [0.3, 0.4) is 0 Å². The lowest BCUT2D eigenvalue weighted by atomic mass is 10.2. The Morgan fingerprint density at radius 2 is 2.23 bits per heavy atom. The molecule has 0 fully saturated rings. The Balaban J connectivity index is 1.95. The van der Waals surface area contributed by atoms with Crippen molar-refractivity contribution < 1.29 is 4.79 Å². The fourth-order valence-corrected chi connectivity index (χ4v) is 3.32. The number of aromatic nitrogens is 2. The third-order valence-corrected chi connectivity index (χ3v) is 5.11. The fraction of sp³-hybridized carbons (Fsp3) is 0.375. The SMILES string of the molecule is CCC(C)n1nccc1NC(=O)CSc1ccc(Br)cc1C. The van der Waals surface area contributed by atoms with Crippen molar-refractivity contribution in [2.75, 3.05) is 11.1 Å². The van der Waals surface area contributed by atoms with Gasteiger partial charge in [0.1, 0.15) is 5.82 Å². The number of amides is 1. The number of thioether (sulfide) groups is 1. The molecule has 0 aliphatic rings. The predicted octanol–water partition coefficient (Wildman–Crippen LogP) is 4.66. The number of carbonyl (C=O) groups excluding carboxylic acids is 1. The molecule has 1 aromatic heterocycles. The van der Waals surface area contributed by atoms with E-state index in [1.54, 1.807) is 18.0 Å². The molecule has 0 aliphatic carbocycles. The highest BCUT2D eigenvalue weighted by molar-refractivity contribution is 9.10. The summed E-state index contributed by atoms with van der Waals surface area (Å²) in [6.07, 6.45) is 2.69. The molecular formula is C16H20BrN3OS. The monoisotopic (exact) mass is 381 g/mol. The summed E-state index contributed by atoms with van der Waals surface area (Å²) in [5, 5.41) is 7.21. The summed E-state index contributed by atoms with van der Waals surface area (Å²) in [4.78, 5) is 13.3. The van der Waals surface area contributed by atoms with Crippen LogP contribution in [-0.4, -0.2) is 21.4 Å². The number of carbonyl (C=O) groups is 1. The first-order valence-electron chi connectivity index (χ1n) is 7.23. The molecule has 1 heterocycles. The fourth-order valence-electron chi connectivity index (χ4n) is 2.03. The summed E-state index contributed by atoms with van der Waals surface area (Å²) in [5.41, 5.74) is 1.16. The number of benzene rings is 1. The van der Waals surface area contributed by atoms with Gasteiger partial charge in [0.05, 0.1) is 18.0 Å². The van der Waals surface area contributed by atoms with Crippen LogP contribution in [0.2, 0.25) is 0 Å². The van der Waals surface area contributed by atoms with Crippen molar-refractivity contribution in [2.45, 2.75) is 38.1 Å². The Bertz CT molecular complexity index is 657. The van der Waals surface area contributed by atoms with E-state index in [9.17, 15) is 4.79 Å². The van der Waals surface area contributed by atoms with Gasteiger partial charge in [-0.3, -0.25) is 4.79 Å². The first-order valence-corrected chi connectivity index (χ1v) is 9.01. The number of rotatable bonds is 6. The van der Waals surface area contributed by atoms with Gasteiger partial charge in [0, 0.05) is 15.4 Å². The maximum atomic E-state index is 12.1. The van der Waals surface area contributed by atoms with Gasteiger partial charge in [0.2, 0.25) is 5.91 Å². The van der Waals surface area contributed by atoms with Crippen LogP contribution in [0.1, 0.15) is 31.9 Å². The molecule has 22 heavy (non-hydrogen) atoms. The van der Waals surface area contributed by atoms with Gasteiger partial charge >= 0.3 is 0 Å². The minimum Gasteiger partial charge on any atom is -0.310 e.